The molecule has 0 bridgehead atoms. The van der Waals surface area contributed by atoms with Gasteiger partial charge in [0.1, 0.15) is 17.2 Å². The van der Waals surface area contributed by atoms with Crippen LogP contribution in [0.1, 0.15) is 19.4 Å². The third kappa shape index (κ3) is 3.96. The SMILES string of the molecule is COC(=N)c1ccc2oc3cc(S(=O)(=O)N[C@H](C(=O)OC)C(C)C)ccc3c2c1. The van der Waals surface area contributed by atoms with E-state index in [2.05, 4.69) is 4.72 Å². The van der Waals surface area contributed by atoms with Gasteiger partial charge in [0.25, 0.3) is 0 Å². The Bertz CT molecular complexity index is 1200. The van der Waals surface area contributed by atoms with Crippen LogP contribution >= 0.6 is 0 Å². The van der Waals surface area contributed by atoms with Crippen molar-refractivity contribution in [3.63, 3.8) is 0 Å². The fourth-order valence-electron chi connectivity index (χ4n) is 3.00. The van der Waals surface area contributed by atoms with Gasteiger partial charge in [0.05, 0.1) is 19.1 Å². The van der Waals surface area contributed by atoms with Gasteiger partial charge in [-0.05, 0) is 36.2 Å². The lowest BCUT2D eigenvalue weighted by atomic mass is 10.1. The summed E-state index contributed by atoms with van der Waals surface area (Å²) in [6.07, 6.45) is 0. The third-order valence-corrected chi connectivity index (χ3v) is 6.06. The number of hydrogen-bond donors (Lipinski definition) is 2. The number of sulfonamides is 1. The first-order chi connectivity index (χ1) is 13.7. The minimum atomic E-state index is -3.98. The Morgan fingerprint density at radius 2 is 1.76 bits per heavy atom. The van der Waals surface area contributed by atoms with Crippen molar-refractivity contribution in [1.82, 2.24) is 4.72 Å². The first kappa shape index (κ1) is 20.8. The fourth-order valence-corrected chi connectivity index (χ4v) is 4.35. The number of furan rings is 1. The van der Waals surface area contributed by atoms with Crippen LogP contribution in [0.25, 0.3) is 21.9 Å². The van der Waals surface area contributed by atoms with Crippen molar-refractivity contribution < 1.29 is 27.1 Å². The minimum absolute atomic E-state index is 0.0205. The smallest absolute Gasteiger partial charge is 0.324 e. The zero-order chi connectivity index (χ0) is 21.3. The van der Waals surface area contributed by atoms with Crippen LogP contribution in [0.4, 0.5) is 0 Å². The summed E-state index contributed by atoms with van der Waals surface area (Å²) in [5, 5.41) is 9.25. The zero-order valence-electron chi connectivity index (χ0n) is 16.5. The van der Waals surface area contributed by atoms with Crippen LogP contribution < -0.4 is 4.72 Å². The summed E-state index contributed by atoms with van der Waals surface area (Å²) in [7, 11) is -1.35. The van der Waals surface area contributed by atoms with E-state index in [0.717, 1.165) is 5.39 Å². The Morgan fingerprint density at radius 3 is 2.38 bits per heavy atom. The molecule has 29 heavy (non-hydrogen) atoms. The van der Waals surface area contributed by atoms with E-state index in [1.807, 2.05) is 0 Å². The van der Waals surface area contributed by atoms with Crippen LogP contribution in [-0.2, 0) is 24.3 Å². The summed E-state index contributed by atoms with van der Waals surface area (Å²) in [6.45, 7) is 3.45. The second kappa shape index (κ2) is 7.84. The molecule has 0 aliphatic heterocycles. The summed E-state index contributed by atoms with van der Waals surface area (Å²) in [5.74, 6) is -0.921. The van der Waals surface area contributed by atoms with Crippen molar-refractivity contribution in [2.24, 2.45) is 5.92 Å². The largest absolute Gasteiger partial charge is 0.481 e. The Morgan fingerprint density at radius 1 is 1.03 bits per heavy atom. The van der Waals surface area contributed by atoms with Crippen LogP contribution in [0.3, 0.4) is 0 Å². The van der Waals surface area contributed by atoms with Gasteiger partial charge in [-0.1, -0.05) is 13.8 Å². The topological polar surface area (TPSA) is 119 Å². The highest BCUT2D eigenvalue weighted by Gasteiger charge is 2.29. The Hall–Kier alpha value is -2.91. The highest BCUT2D eigenvalue weighted by molar-refractivity contribution is 7.89. The van der Waals surface area contributed by atoms with Crippen LogP contribution in [-0.4, -0.2) is 40.5 Å². The molecule has 1 aromatic heterocycles. The van der Waals surface area contributed by atoms with Crippen LogP contribution in [0.2, 0.25) is 0 Å². The van der Waals surface area contributed by atoms with Gasteiger partial charge in [-0.15, -0.1) is 0 Å². The van der Waals surface area contributed by atoms with Gasteiger partial charge in [-0.2, -0.15) is 4.72 Å². The molecule has 8 nitrogen and oxygen atoms in total. The van der Waals surface area contributed by atoms with E-state index in [4.69, 9.17) is 19.3 Å². The molecule has 2 N–H and O–H groups in total. The molecule has 0 unspecified atom stereocenters. The summed E-state index contributed by atoms with van der Waals surface area (Å²) < 4.78 is 43.4. The highest BCUT2D eigenvalue weighted by atomic mass is 32.2. The van der Waals surface area contributed by atoms with E-state index in [-0.39, 0.29) is 16.7 Å². The van der Waals surface area contributed by atoms with Crippen molar-refractivity contribution in [3.05, 3.63) is 42.0 Å². The van der Waals surface area contributed by atoms with Crippen molar-refractivity contribution in [2.75, 3.05) is 14.2 Å². The number of nitrogens with one attached hydrogen (secondary N) is 2. The lowest BCUT2D eigenvalue weighted by Gasteiger charge is -2.19. The van der Waals surface area contributed by atoms with E-state index >= 15 is 0 Å². The summed E-state index contributed by atoms with van der Waals surface area (Å²) >= 11 is 0. The van der Waals surface area contributed by atoms with Crippen molar-refractivity contribution >= 4 is 43.8 Å². The van der Waals surface area contributed by atoms with Crippen LogP contribution in [0, 0.1) is 11.3 Å². The van der Waals surface area contributed by atoms with Gasteiger partial charge in [0, 0.05) is 22.4 Å². The fraction of sp³-hybridized carbons (Fsp3) is 0.300. The highest BCUT2D eigenvalue weighted by Crippen LogP contribution is 2.31. The van der Waals surface area contributed by atoms with Crippen molar-refractivity contribution in [1.29, 1.82) is 5.41 Å². The van der Waals surface area contributed by atoms with E-state index in [1.54, 1.807) is 38.1 Å². The average Bonchev–Trinajstić information content (AvgIpc) is 3.07. The number of fused-ring (bicyclic) bond motifs is 3. The first-order valence-corrected chi connectivity index (χ1v) is 10.4. The number of benzene rings is 2. The average molecular weight is 418 g/mol. The Balaban J connectivity index is 2.03. The van der Waals surface area contributed by atoms with Gasteiger partial charge in [-0.3, -0.25) is 10.2 Å². The monoisotopic (exact) mass is 418 g/mol. The number of esters is 1. The van der Waals surface area contributed by atoms with Crippen molar-refractivity contribution in [2.45, 2.75) is 24.8 Å². The normalized spacial score (nSPS) is 13.0. The molecule has 0 amide bonds. The number of carbonyl (C=O) groups is 1. The Kier molecular flexibility index (Phi) is 5.63. The van der Waals surface area contributed by atoms with Gasteiger partial charge < -0.3 is 13.9 Å². The lowest BCUT2D eigenvalue weighted by molar-refractivity contribution is -0.143. The van der Waals surface area contributed by atoms with Crippen LogP contribution in [0.5, 0.6) is 0 Å². The number of hydrogen-bond acceptors (Lipinski definition) is 7. The van der Waals surface area contributed by atoms with Crippen molar-refractivity contribution in [3.8, 4) is 0 Å². The van der Waals surface area contributed by atoms with E-state index < -0.39 is 22.0 Å². The molecule has 0 fully saturated rings. The second-order valence-electron chi connectivity index (χ2n) is 6.87. The maximum Gasteiger partial charge on any atom is 0.324 e. The quantitative estimate of drug-likeness (QED) is 0.361. The van der Waals surface area contributed by atoms with Gasteiger partial charge >= 0.3 is 5.97 Å². The van der Waals surface area contributed by atoms with E-state index in [1.165, 1.54) is 26.4 Å². The molecule has 1 heterocycles. The lowest BCUT2D eigenvalue weighted by Crippen LogP contribution is -2.44. The summed E-state index contributed by atoms with van der Waals surface area (Å²) in [6, 6.07) is 8.65. The molecule has 0 aliphatic rings. The van der Waals surface area contributed by atoms with Gasteiger partial charge in [0.15, 0.2) is 0 Å². The molecular weight excluding hydrogens is 396 g/mol. The standard InChI is InChI=1S/C20H22N2O6S/c1-11(2)18(20(23)27-4)22-29(24,25)13-6-7-14-15-9-12(19(21)26-3)5-8-16(15)28-17(14)10-13/h5-11,18,21-22H,1-4H3/t18-/m0/s1. The zero-order valence-corrected chi connectivity index (χ0v) is 17.3. The molecule has 1 atom stereocenters. The molecule has 3 rings (SSSR count). The number of methoxy groups -OCH3 is 2. The summed E-state index contributed by atoms with van der Waals surface area (Å²) in [4.78, 5) is 11.9. The second-order valence-corrected chi connectivity index (χ2v) is 8.58. The number of rotatable bonds is 6. The minimum Gasteiger partial charge on any atom is -0.481 e. The van der Waals surface area contributed by atoms with Crippen LogP contribution in [0.15, 0.2) is 45.7 Å². The molecule has 154 valence electrons. The molecule has 3 aromatic rings. The summed E-state index contributed by atoms with van der Waals surface area (Å²) in [5.41, 5.74) is 1.52. The predicted octanol–water partition coefficient (Wildman–Crippen LogP) is 3.03. The predicted molar refractivity (Wildman–Crippen MR) is 109 cm³/mol. The maximum atomic E-state index is 12.8. The maximum absolute atomic E-state index is 12.8. The molecular formula is C20H22N2O6S. The molecule has 0 radical (unpaired) electrons. The molecule has 0 saturated heterocycles. The van der Waals surface area contributed by atoms with E-state index in [0.29, 0.717) is 22.1 Å². The molecule has 0 saturated carbocycles. The molecule has 0 spiro atoms. The molecule has 0 aliphatic carbocycles. The number of ether oxygens (including phenoxy) is 2. The first-order valence-electron chi connectivity index (χ1n) is 8.87. The van der Waals surface area contributed by atoms with Gasteiger partial charge in [-0.25, -0.2) is 8.42 Å². The third-order valence-electron chi connectivity index (χ3n) is 4.62. The molecule has 2 aromatic carbocycles. The van der Waals surface area contributed by atoms with E-state index in [9.17, 15) is 13.2 Å². The Labute approximate surface area is 168 Å². The number of carbonyl (C=O) groups excluding carboxylic acids is 1. The molecule has 9 heteroatoms. The van der Waals surface area contributed by atoms with Gasteiger partial charge in [0.2, 0.25) is 15.9 Å².